The molecule has 0 aliphatic carbocycles. The van der Waals surface area contributed by atoms with Crippen molar-refractivity contribution in [2.45, 2.75) is 6.43 Å². The summed E-state index contributed by atoms with van der Waals surface area (Å²) in [6.07, 6.45) is 1.26. The van der Waals surface area contributed by atoms with Crippen LogP contribution in [-0.2, 0) is 32.7 Å². The van der Waals surface area contributed by atoms with Gasteiger partial charge in [0.15, 0.2) is 0 Å². The molecule has 0 saturated heterocycles. The van der Waals surface area contributed by atoms with Crippen LogP contribution in [0.3, 0.4) is 0 Å². The Morgan fingerprint density at radius 1 is 1.29 bits per heavy atom. The second-order valence-corrected chi connectivity index (χ2v) is 4.46. The van der Waals surface area contributed by atoms with Crippen molar-refractivity contribution in [2.75, 3.05) is 6.54 Å². The zero-order chi connectivity index (χ0) is 14.9. The van der Waals surface area contributed by atoms with Gasteiger partial charge in [0, 0.05) is 32.7 Å². The van der Waals surface area contributed by atoms with Crippen LogP contribution < -0.4 is 0 Å². The molecule has 0 bridgehead atoms. The topological polar surface area (TPSA) is 3.24 Å². The van der Waals surface area contributed by atoms with Crippen LogP contribution >= 0.6 is 11.6 Å². The Bertz CT molecular complexity index is 613. The number of alkyl halides is 2. The molecule has 1 aromatic carbocycles. The molecule has 0 aromatic heterocycles. The zero-order valence-corrected chi connectivity index (χ0v) is 14.3. The summed E-state index contributed by atoms with van der Waals surface area (Å²) in [5.41, 5.74) is 0.107. The summed E-state index contributed by atoms with van der Waals surface area (Å²) in [4.78, 5) is 1.06. The normalized spacial score (nSPS) is 14.8. The Labute approximate surface area is 149 Å². The SMILES string of the molecule is C=C1C(Cl)=C[C-]=C(c2ccc(F)cc2F)N1CC(F)F.[Y]. The maximum absolute atomic E-state index is 13.8. The van der Waals surface area contributed by atoms with Gasteiger partial charge in [0.1, 0.15) is 5.82 Å². The Balaban J connectivity index is 0.00000220. The Hall–Kier alpha value is -0.646. The summed E-state index contributed by atoms with van der Waals surface area (Å²) in [5.74, 6) is -1.62. The minimum atomic E-state index is -2.67. The second-order valence-electron chi connectivity index (χ2n) is 4.06. The van der Waals surface area contributed by atoms with Crippen molar-refractivity contribution < 1.29 is 50.3 Å². The van der Waals surface area contributed by atoms with Crippen LogP contribution in [-0.4, -0.2) is 17.9 Å². The molecule has 7 heteroatoms. The largest absolute Gasteiger partial charge is 0.368 e. The van der Waals surface area contributed by atoms with Crippen LogP contribution in [0.15, 0.2) is 41.6 Å². The van der Waals surface area contributed by atoms with E-state index in [1.807, 2.05) is 0 Å². The van der Waals surface area contributed by atoms with Gasteiger partial charge < -0.3 is 4.90 Å². The van der Waals surface area contributed by atoms with Gasteiger partial charge in [-0.2, -0.15) is 23.8 Å². The van der Waals surface area contributed by atoms with E-state index in [0.717, 1.165) is 17.0 Å². The van der Waals surface area contributed by atoms with Crippen molar-refractivity contribution in [3.8, 4) is 0 Å². The fraction of sp³-hybridized carbons (Fsp3) is 0.143. The average Bonchev–Trinajstić information content (AvgIpc) is 2.36. The van der Waals surface area contributed by atoms with Crippen molar-refractivity contribution in [3.63, 3.8) is 0 Å². The Morgan fingerprint density at radius 2 is 1.95 bits per heavy atom. The standard InChI is InChI=1S/C14H9ClF4N.Y/c1-8-11(15)4-5-13(20(8)7-14(18)19)10-3-2-9(16)6-12(10)17;/h2-4,6,14H,1,7H2;/q-1;. The summed E-state index contributed by atoms with van der Waals surface area (Å²) < 4.78 is 51.9. The van der Waals surface area contributed by atoms with Gasteiger partial charge in [0.25, 0.3) is 6.43 Å². The van der Waals surface area contributed by atoms with E-state index in [9.17, 15) is 17.6 Å². The van der Waals surface area contributed by atoms with Gasteiger partial charge in [0.2, 0.25) is 0 Å². The molecule has 0 N–H and O–H groups in total. The molecule has 0 fully saturated rings. The molecule has 1 aliphatic heterocycles. The van der Waals surface area contributed by atoms with E-state index in [2.05, 4.69) is 12.7 Å². The van der Waals surface area contributed by atoms with Crippen molar-refractivity contribution in [2.24, 2.45) is 0 Å². The van der Waals surface area contributed by atoms with Crippen molar-refractivity contribution in [1.29, 1.82) is 0 Å². The summed E-state index contributed by atoms with van der Waals surface area (Å²) in [7, 11) is 0. The molecule has 0 unspecified atom stereocenters. The molecular weight excluding hydrogens is 383 g/mol. The second kappa shape index (κ2) is 7.57. The Kier molecular flexibility index (Phi) is 6.63. The summed E-state index contributed by atoms with van der Waals surface area (Å²) >= 11 is 5.81. The molecule has 21 heavy (non-hydrogen) atoms. The number of allylic oxidation sites excluding steroid dienone is 3. The first-order valence-corrected chi connectivity index (χ1v) is 5.97. The molecule has 0 atom stereocenters. The third-order valence-electron chi connectivity index (χ3n) is 2.71. The zero-order valence-electron chi connectivity index (χ0n) is 10.7. The molecule has 1 aromatic rings. The van der Waals surface area contributed by atoms with Gasteiger partial charge in [0.05, 0.1) is 12.4 Å². The third kappa shape index (κ3) is 4.18. The van der Waals surface area contributed by atoms with E-state index < -0.39 is 24.6 Å². The predicted molar refractivity (Wildman–Crippen MR) is 68.8 cm³/mol. The van der Waals surface area contributed by atoms with Crippen molar-refractivity contribution in [1.82, 2.24) is 4.90 Å². The summed E-state index contributed by atoms with van der Waals surface area (Å²) in [5, 5.41) is 0.136. The van der Waals surface area contributed by atoms with Crippen LogP contribution in [0.4, 0.5) is 17.6 Å². The molecule has 1 aliphatic rings. The Morgan fingerprint density at radius 3 is 2.52 bits per heavy atom. The van der Waals surface area contributed by atoms with E-state index in [-0.39, 0.29) is 54.7 Å². The fourth-order valence-corrected chi connectivity index (χ4v) is 1.96. The number of halogens is 5. The molecule has 2 rings (SSSR count). The molecule has 0 amide bonds. The van der Waals surface area contributed by atoms with E-state index in [1.54, 1.807) is 0 Å². The molecular formula is C14H9ClF4NY-. The van der Waals surface area contributed by atoms with E-state index in [0.29, 0.717) is 6.07 Å². The summed E-state index contributed by atoms with van der Waals surface area (Å²) in [6.45, 7) is 2.88. The minimum absolute atomic E-state index is 0. The van der Waals surface area contributed by atoms with E-state index in [4.69, 9.17) is 11.6 Å². The van der Waals surface area contributed by atoms with Gasteiger partial charge in [-0.15, -0.1) is 6.07 Å². The van der Waals surface area contributed by atoms with Gasteiger partial charge in [-0.3, -0.25) is 0 Å². The maximum atomic E-state index is 13.8. The number of hydrogen-bond acceptors (Lipinski definition) is 1. The first-order valence-electron chi connectivity index (χ1n) is 5.59. The minimum Gasteiger partial charge on any atom is -0.368 e. The van der Waals surface area contributed by atoms with Gasteiger partial charge in [-0.05, 0) is 22.9 Å². The van der Waals surface area contributed by atoms with E-state index in [1.165, 1.54) is 6.08 Å². The smallest absolute Gasteiger partial charge is 0.256 e. The molecule has 1 heterocycles. The first-order chi connectivity index (χ1) is 9.40. The van der Waals surface area contributed by atoms with Crippen LogP contribution in [0.2, 0.25) is 0 Å². The molecule has 0 saturated carbocycles. The number of benzene rings is 1. The van der Waals surface area contributed by atoms with Crippen LogP contribution in [0.1, 0.15) is 5.56 Å². The predicted octanol–water partition coefficient (Wildman–Crippen LogP) is 4.32. The number of rotatable bonds is 3. The quantitative estimate of drug-likeness (QED) is 0.548. The van der Waals surface area contributed by atoms with Crippen LogP contribution in [0.5, 0.6) is 0 Å². The van der Waals surface area contributed by atoms with Gasteiger partial charge in [-0.25, -0.2) is 17.6 Å². The molecule has 1 radical (unpaired) electrons. The average molecular weight is 392 g/mol. The molecule has 1 nitrogen and oxygen atoms in total. The summed E-state index contributed by atoms with van der Waals surface area (Å²) in [6, 6.07) is 2.87. The first kappa shape index (κ1) is 18.4. The molecule has 0 spiro atoms. The van der Waals surface area contributed by atoms with Gasteiger partial charge >= 0.3 is 0 Å². The van der Waals surface area contributed by atoms with Crippen molar-refractivity contribution >= 4 is 17.3 Å². The monoisotopic (exact) mass is 391 g/mol. The number of nitrogens with zero attached hydrogens (tertiary/aromatic N) is 1. The fourth-order valence-electron chi connectivity index (χ4n) is 1.80. The number of hydrogen-bond donors (Lipinski definition) is 0. The maximum Gasteiger partial charge on any atom is 0.256 e. The van der Waals surface area contributed by atoms with Gasteiger partial charge in [-0.1, -0.05) is 17.8 Å². The molecule has 109 valence electrons. The van der Waals surface area contributed by atoms with E-state index >= 15 is 0 Å². The van der Waals surface area contributed by atoms with Crippen LogP contribution in [0.25, 0.3) is 5.70 Å². The van der Waals surface area contributed by atoms with Crippen molar-refractivity contribution in [3.05, 3.63) is 64.9 Å². The van der Waals surface area contributed by atoms with Crippen LogP contribution in [0, 0.1) is 17.7 Å². The third-order valence-corrected chi connectivity index (χ3v) is 3.04.